The maximum Gasteiger partial charge on any atom is 0.292 e. The summed E-state index contributed by atoms with van der Waals surface area (Å²) in [6, 6.07) is 9.11. The molecule has 8 nitrogen and oxygen atoms in total. The summed E-state index contributed by atoms with van der Waals surface area (Å²) in [5, 5.41) is 16.8. The van der Waals surface area contributed by atoms with Crippen LogP contribution < -0.4 is 10.7 Å². The Morgan fingerprint density at radius 1 is 1.13 bits per heavy atom. The van der Waals surface area contributed by atoms with E-state index >= 15 is 0 Å². The lowest BCUT2D eigenvalue weighted by atomic mass is 9.93. The maximum atomic E-state index is 12.7. The summed E-state index contributed by atoms with van der Waals surface area (Å²) in [4.78, 5) is 29.1. The molecule has 0 bridgehead atoms. The first-order valence-corrected chi connectivity index (χ1v) is 10.0. The summed E-state index contributed by atoms with van der Waals surface area (Å²) >= 11 is 5.83. The molecule has 0 atom stereocenters. The van der Waals surface area contributed by atoms with Crippen LogP contribution in [0.25, 0.3) is 0 Å². The van der Waals surface area contributed by atoms with E-state index in [9.17, 15) is 14.7 Å². The van der Waals surface area contributed by atoms with Gasteiger partial charge in [-0.2, -0.15) is 5.10 Å². The minimum absolute atomic E-state index is 0.0772. The molecule has 0 radical (unpaired) electrons. The lowest BCUT2D eigenvalue weighted by Gasteiger charge is -2.13. The molecule has 2 heterocycles. The van der Waals surface area contributed by atoms with E-state index < -0.39 is 11.8 Å². The molecule has 1 aliphatic rings. The molecule has 158 valence electrons. The van der Waals surface area contributed by atoms with Crippen LogP contribution in [-0.4, -0.2) is 27.6 Å². The Hall–Kier alpha value is -3.65. The Labute approximate surface area is 182 Å². The Morgan fingerprint density at radius 2 is 1.90 bits per heavy atom. The highest BCUT2D eigenvalue weighted by atomic mass is 35.5. The van der Waals surface area contributed by atoms with Gasteiger partial charge in [-0.1, -0.05) is 11.6 Å². The molecule has 0 saturated carbocycles. The topological polar surface area (TPSA) is 117 Å². The van der Waals surface area contributed by atoms with Gasteiger partial charge in [-0.25, -0.2) is 10.4 Å². The number of aromatic nitrogens is 1. The Morgan fingerprint density at radius 3 is 2.61 bits per heavy atom. The van der Waals surface area contributed by atoms with Crippen molar-refractivity contribution < 1.29 is 19.1 Å². The van der Waals surface area contributed by atoms with Crippen LogP contribution in [0.4, 0.5) is 5.82 Å². The molecule has 0 unspecified atom stereocenters. The third-order valence-corrected chi connectivity index (χ3v) is 5.15. The molecular formula is C22H19ClN4O4. The van der Waals surface area contributed by atoms with E-state index in [1.165, 1.54) is 30.5 Å². The fourth-order valence-electron chi connectivity index (χ4n) is 3.42. The number of aromatic hydroxyl groups is 1. The van der Waals surface area contributed by atoms with Crippen molar-refractivity contribution in [3.05, 3.63) is 75.8 Å². The first-order valence-electron chi connectivity index (χ1n) is 9.64. The largest absolute Gasteiger partial charge is 0.508 e. The number of nitrogens with zero attached hydrogens (tertiary/aromatic N) is 2. The van der Waals surface area contributed by atoms with Crippen LogP contribution in [0.2, 0.25) is 5.02 Å². The molecule has 2 aromatic heterocycles. The predicted octanol–water partition coefficient (Wildman–Crippen LogP) is 4.06. The van der Waals surface area contributed by atoms with Gasteiger partial charge in [0.15, 0.2) is 5.76 Å². The number of carbonyl (C=O) groups excluding carboxylic acids is 2. The number of fused-ring (bicyclic) bond motifs is 1. The number of pyridine rings is 1. The van der Waals surface area contributed by atoms with Gasteiger partial charge in [0.25, 0.3) is 11.8 Å². The highest BCUT2D eigenvalue weighted by molar-refractivity contribution is 6.30. The molecule has 0 fully saturated rings. The summed E-state index contributed by atoms with van der Waals surface area (Å²) in [7, 11) is 0. The van der Waals surface area contributed by atoms with Crippen molar-refractivity contribution in [2.45, 2.75) is 26.2 Å². The molecule has 9 heteroatoms. The van der Waals surface area contributed by atoms with Crippen molar-refractivity contribution >= 4 is 34.9 Å². The number of rotatable bonds is 4. The van der Waals surface area contributed by atoms with Crippen LogP contribution in [0, 0.1) is 6.92 Å². The second-order valence-electron chi connectivity index (χ2n) is 7.07. The standard InChI is InChI=1S/C22H19ClN4O4/c1-12-19-16(26-27-21(29)13-5-8-15(28)9-6-13)3-2-4-17(19)31-20(12)22(30)25-18-10-7-14(23)11-24-18/h5-11,28H,2-4H2,1H3,(H,27,29)(H,24,25,30)/b26-16+. The molecule has 3 aromatic rings. The van der Waals surface area contributed by atoms with Crippen molar-refractivity contribution in [2.75, 3.05) is 5.32 Å². The Balaban J connectivity index is 1.55. The quantitative estimate of drug-likeness (QED) is 0.531. The van der Waals surface area contributed by atoms with Crippen molar-refractivity contribution in [3.63, 3.8) is 0 Å². The van der Waals surface area contributed by atoms with Crippen molar-refractivity contribution in [3.8, 4) is 5.75 Å². The Bertz CT molecular complexity index is 1170. The molecule has 1 aromatic carbocycles. The lowest BCUT2D eigenvalue weighted by molar-refractivity contribution is 0.0953. The number of benzene rings is 1. The number of phenols is 1. The molecule has 4 rings (SSSR count). The number of phenolic OH excluding ortho intramolecular Hbond substituents is 1. The minimum Gasteiger partial charge on any atom is -0.508 e. The average Bonchev–Trinajstić information content (AvgIpc) is 3.11. The smallest absolute Gasteiger partial charge is 0.292 e. The van der Waals surface area contributed by atoms with Crippen LogP contribution >= 0.6 is 11.6 Å². The van der Waals surface area contributed by atoms with E-state index in [4.69, 9.17) is 16.0 Å². The molecule has 3 N–H and O–H groups in total. The maximum absolute atomic E-state index is 12.7. The molecule has 0 aliphatic heterocycles. The SMILES string of the molecule is Cc1c(C(=O)Nc2ccc(Cl)cn2)oc2c1/C(=N/NC(=O)c1ccc(O)cc1)CCC2. The van der Waals surface area contributed by atoms with Gasteiger partial charge in [-0.05, 0) is 56.2 Å². The number of halogens is 1. The molecule has 0 saturated heterocycles. The second kappa shape index (κ2) is 8.61. The molecule has 2 amide bonds. The summed E-state index contributed by atoms with van der Waals surface area (Å²) in [6.07, 6.45) is 3.54. The number of nitrogens with one attached hydrogen (secondary N) is 2. The second-order valence-corrected chi connectivity index (χ2v) is 7.51. The van der Waals surface area contributed by atoms with Gasteiger partial charge in [0, 0.05) is 29.3 Å². The van der Waals surface area contributed by atoms with Crippen LogP contribution in [0.5, 0.6) is 5.75 Å². The third-order valence-electron chi connectivity index (χ3n) is 4.92. The van der Waals surface area contributed by atoms with E-state index in [2.05, 4.69) is 20.8 Å². The van der Waals surface area contributed by atoms with Crippen LogP contribution in [-0.2, 0) is 6.42 Å². The van der Waals surface area contributed by atoms with E-state index in [0.717, 1.165) is 12.0 Å². The molecular weight excluding hydrogens is 420 g/mol. The zero-order chi connectivity index (χ0) is 22.0. The van der Waals surface area contributed by atoms with Crippen LogP contribution in [0.1, 0.15) is 50.6 Å². The number of furan rings is 1. The first kappa shape index (κ1) is 20.6. The van der Waals surface area contributed by atoms with Crippen molar-refractivity contribution in [1.82, 2.24) is 10.4 Å². The highest BCUT2D eigenvalue weighted by Gasteiger charge is 2.28. The summed E-state index contributed by atoms with van der Waals surface area (Å²) < 4.78 is 5.84. The van der Waals surface area contributed by atoms with Gasteiger partial charge in [-0.3, -0.25) is 9.59 Å². The average molecular weight is 439 g/mol. The number of aryl methyl sites for hydroxylation is 1. The number of hydrogen-bond donors (Lipinski definition) is 3. The Kier molecular flexibility index (Phi) is 5.73. The van der Waals surface area contributed by atoms with E-state index in [0.29, 0.717) is 46.3 Å². The van der Waals surface area contributed by atoms with Gasteiger partial charge in [0.05, 0.1) is 10.7 Å². The molecule has 0 spiro atoms. The monoisotopic (exact) mass is 438 g/mol. The van der Waals surface area contributed by atoms with Gasteiger partial charge in [-0.15, -0.1) is 0 Å². The fourth-order valence-corrected chi connectivity index (χ4v) is 3.53. The number of amides is 2. The van der Waals surface area contributed by atoms with Gasteiger partial charge < -0.3 is 14.8 Å². The number of hydrogen-bond acceptors (Lipinski definition) is 6. The van der Waals surface area contributed by atoms with Gasteiger partial charge in [0.2, 0.25) is 0 Å². The molecule has 31 heavy (non-hydrogen) atoms. The fraction of sp³-hybridized carbons (Fsp3) is 0.182. The first-order chi connectivity index (χ1) is 14.9. The van der Waals surface area contributed by atoms with E-state index in [-0.39, 0.29) is 11.5 Å². The van der Waals surface area contributed by atoms with Crippen molar-refractivity contribution in [2.24, 2.45) is 5.10 Å². The zero-order valence-electron chi connectivity index (χ0n) is 16.6. The number of anilines is 1. The van der Waals surface area contributed by atoms with Crippen molar-refractivity contribution in [1.29, 1.82) is 0 Å². The highest BCUT2D eigenvalue weighted by Crippen LogP contribution is 2.30. The normalized spacial score (nSPS) is 14.2. The third kappa shape index (κ3) is 4.44. The van der Waals surface area contributed by atoms with Crippen LogP contribution in [0.3, 0.4) is 0 Å². The molecule has 1 aliphatic carbocycles. The number of carbonyl (C=O) groups is 2. The minimum atomic E-state index is -0.422. The van der Waals surface area contributed by atoms with Crippen LogP contribution in [0.15, 0.2) is 52.1 Å². The van der Waals surface area contributed by atoms with Gasteiger partial charge in [0.1, 0.15) is 17.3 Å². The van der Waals surface area contributed by atoms with E-state index in [1.54, 1.807) is 19.1 Å². The predicted molar refractivity (Wildman–Crippen MR) is 116 cm³/mol. The summed E-state index contributed by atoms with van der Waals surface area (Å²) in [6.45, 7) is 1.79. The summed E-state index contributed by atoms with van der Waals surface area (Å²) in [5.41, 5.74) is 4.96. The lowest BCUT2D eigenvalue weighted by Crippen LogP contribution is -2.22. The summed E-state index contributed by atoms with van der Waals surface area (Å²) in [5.74, 6) is 0.463. The number of hydrazone groups is 1. The van der Waals surface area contributed by atoms with E-state index in [1.807, 2.05) is 0 Å². The zero-order valence-corrected chi connectivity index (χ0v) is 17.4. The van der Waals surface area contributed by atoms with Gasteiger partial charge >= 0.3 is 0 Å².